The summed E-state index contributed by atoms with van der Waals surface area (Å²) in [6.07, 6.45) is 4.03. The Hall–Kier alpha value is -0.430. The minimum atomic E-state index is 0.927. The lowest BCUT2D eigenvalue weighted by molar-refractivity contribution is 0.297. The van der Waals surface area contributed by atoms with E-state index in [2.05, 4.69) is 6.08 Å². The summed E-state index contributed by atoms with van der Waals surface area (Å²) in [5.41, 5.74) is 1.08. The van der Waals surface area contributed by atoms with Crippen LogP contribution in [0.5, 0.6) is 0 Å². The molecule has 1 aliphatic carbocycles. The van der Waals surface area contributed by atoms with Crippen molar-refractivity contribution in [3.8, 4) is 0 Å². The molecule has 0 aromatic rings. The standard InChI is InChI=1S/C8H11ClO/c1-6-7(9)4-3-5-8(6)10-2/h5H,3-4H2,1-2H3. The molecule has 0 unspecified atom stereocenters. The Kier molecular flexibility index (Phi) is 2.39. The Balaban J connectivity index is 2.83. The summed E-state index contributed by atoms with van der Waals surface area (Å²) in [6.45, 7) is 1.98. The quantitative estimate of drug-likeness (QED) is 0.570. The predicted molar refractivity (Wildman–Crippen MR) is 42.9 cm³/mol. The molecule has 0 atom stereocenters. The lowest BCUT2D eigenvalue weighted by atomic mass is 10.1. The van der Waals surface area contributed by atoms with Gasteiger partial charge < -0.3 is 4.74 Å². The van der Waals surface area contributed by atoms with Crippen molar-refractivity contribution in [2.24, 2.45) is 0 Å². The molecule has 0 radical (unpaired) electrons. The first kappa shape index (κ1) is 7.67. The fraction of sp³-hybridized carbons (Fsp3) is 0.500. The van der Waals surface area contributed by atoms with E-state index in [9.17, 15) is 0 Å². The predicted octanol–water partition coefficient (Wildman–Crippen LogP) is 2.82. The van der Waals surface area contributed by atoms with Crippen LogP contribution in [0.3, 0.4) is 0 Å². The van der Waals surface area contributed by atoms with Crippen LogP contribution >= 0.6 is 11.6 Å². The molecule has 0 bridgehead atoms. The van der Waals surface area contributed by atoms with Gasteiger partial charge in [0.05, 0.1) is 7.11 Å². The van der Waals surface area contributed by atoms with Gasteiger partial charge in [-0.1, -0.05) is 11.6 Å². The van der Waals surface area contributed by atoms with Crippen LogP contribution in [0.1, 0.15) is 19.8 Å². The summed E-state index contributed by atoms with van der Waals surface area (Å²) in [5, 5.41) is 0.930. The van der Waals surface area contributed by atoms with Crippen molar-refractivity contribution in [1.82, 2.24) is 0 Å². The lowest BCUT2D eigenvalue weighted by Crippen LogP contribution is -1.96. The SMILES string of the molecule is COC1=CCCC(Cl)=C1C. The first-order valence-corrected chi connectivity index (χ1v) is 3.73. The zero-order valence-electron chi connectivity index (χ0n) is 6.28. The Bertz CT molecular complexity index is 191. The van der Waals surface area contributed by atoms with Gasteiger partial charge in [-0.15, -0.1) is 0 Å². The van der Waals surface area contributed by atoms with Crippen molar-refractivity contribution in [3.63, 3.8) is 0 Å². The van der Waals surface area contributed by atoms with Gasteiger partial charge in [-0.2, -0.15) is 0 Å². The first-order chi connectivity index (χ1) is 4.75. The van der Waals surface area contributed by atoms with Gasteiger partial charge >= 0.3 is 0 Å². The van der Waals surface area contributed by atoms with Crippen molar-refractivity contribution in [3.05, 3.63) is 22.4 Å². The number of halogens is 1. The molecular formula is C8H11ClO. The number of rotatable bonds is 1. The largest absolute Gasteiger partial charge is 0.497 e. The zero-order chi connectivity index (χ0) is 7.56. The summed E-state index contributed by atoms with van der Waals surface area (Å²) in [7, 11) is 1.67. The van der Waals surface area contributed by atoms with Crippen molar-refractivity contribution in [1.29, 1.82) is 0 Å². The average Bonchev–Trinajstić information content (AvgIpc) is 1.95. The van der Waals surface area contributed by atoms with E-state index in [0.29, 0.717) is 0 Å². The van der Waals surface area contributed by atoms with Crippen LogP contribution in [0, 0.1) is 0 Å². The molecule has 0 aromatic heterocycles. The molecule has 1 aliphatic rings. The van der Waals surface area contributed by atoms with Gasteiger partial charge in [-0.25, -0.2) is 0 Å². The molecule has 1 nitrogen and oxygen atoms in total. The second-order valence-electron chi connectivity index (χ2n) is 2.34. The molecule has 0 fully saturated rings. The normalized spacial score (nSPS) is 18.9. The minimum absolute atomic E-state index is 0.927. The number of methoxy groups -OCH3 is 1. The van der Waals surface area contributed by atoms with Gasteiger partial charge in [0.2, 0.25) is 0 Å². The van der Waals surface area contributed by atoms with Crippen LogP contribution in [0.4, 0.5) is 0 Å². The lowest BCUT2D eigenvalue weighted by Gasteiger charge is -2.13. The maximum absolute atomic E-state index is 5.90. The molecule has 0 aromatic carbocycles. The van der Waals surface area contributed by atoms with Crippen LogP contribution in [-0.4, -0.2) is 7.11 Å². The molecule has 0 saturated carbocycles. The van der Waals surface area contributed by atoms with E-state index in [-0.39, 0.29) is 0 Å². The molecule has 0 aliphatic heterocycles. The molecule has 0 spiro atoms. The summed E-state index contributed by atoms with van der Waals surface area (Å²) in [4.78, 5) is 0. The second kappa shape index (κ2) is 3.11. The third kappa shape index (κ3) is 1.35. The molecule has 0 heterocycles. The highest BCUT2D eigenvalue weighted by atomic mass is 35.5. The average molecular weight is 159 g/mol. The van der Waals surface area contributed by atoms with Gasteiger partial charge in [-0.3, -0.25) is 0 Å². The minimum Gasteiger partial charge on any atom is -0.497 e. The molecule has 10 heavy (non-hydrogen) atoms. The van der Waals surface area contributed by atoms with E-state index in [1.807, 2.05) is 6.92 Å². The zero-order valence-corrected chi connectivity index (χ0v) is 7.03. The van der Waals surface area contributed by atoms with E-state index in [0.717, 1.165) is 29.2 Å². The highest BCUT2D eigenvalue weighted by Crippen LogP contribution is 2.27. The van der Waals surface area contributed by atoms with Crippen LogP contribution in [0.25, 0.3) is 0 Å². The van der Waals surface area contributed by atoms with Crippen LogP contribution in [0.15, 0.2) is 22.4 Å². The fourth-order valence-electron chi connectivity index (χ4n) is 1.04. The summed E-state index contributed by atoms with van der Waals surface area (Å²) in [5.74, 6) is 0.927. The maximum Gasteiger partial charge on any atom is 0.118 e. The first-order valence-electron chi connectivity index (χ1n) is 3.35. The van der Waals surface area contributed by atoms with E-state index in [1.54, 1.807) is 7.11 Å². The van der Waals surface area contributed by atoms with Crippen molar-refractivity contribution in [2.45, 2.75) is 19.8 Å². The Morgan fingerprint density at radius 1 is 1.60 bits per heavy atom. The van der Waals surface area contributed by atoms with Gasteiger partial charge in [0.25, 0.3) is 0 Å². The maximum atomic E-state index is 5.90. The van der Waals surface area contributed by atoms with Crippen molar-refractivity contribution < 1.29 is 4.74 Å². The molecule has 56 valence electrons. The van der Waals surface area contributed by atoms with E-state index in [4.69, 9.17) is 16.3 Å². The summed E-state index contributed by atoms with van der Waals surface area (Å²) < 4.78 is 5.09. The molecular weight excluding hydrogens is 148 g/mol. The number of hydrogen-bond acceptors (Lipinski definition) is 1. The van der Waals surface area contributed by atoms with Gasteiger partial charge in [-0.05, 0) is 25.8 Å². The molecule has 0 saturated heterocycles. The van der Waals surface area contributed by atoms with Crippen LogP contribution in [0.2, 0.25) is 0 Å². The van der Waals surface area contributed by atoms with E-state index in [1.165, 1.54) is 0 Å². The van der Waals surface area contributed by atoms with Crippen molar-refractivity contribution in [2.75, 3.05) is 7.11 Å². The third-order valence-corrected chi connectivity index (χ3v) is 2.16. The highest BCUT2D eigenvalue weighted by molar-refractivity contribution is 6.30. The fourth-order valence-corrected chi connectivity index (χ4v) is 1.24. The van der Waals surface area contributed by atoms with E-state index < -0.39 is 0 Å². The summed E-state index contributed by atoms with van der Waals surface area (Å²) in [6, 6.07) is 0. The van der Waals surface area contributed by atoms with Crippen molar-refractivity contribution >= 4 is 11.6 Å². The van der Waals surface area contributed by atoms with Gasteiger partial charge in [0.1, 0.15) is 5.76 Å². The Morgan fingerprint density at radius 3 is 2.80 bits per heavy atom. The smallest absolute Gasteiger partial charge is 0.118 e. The van der Waals surface area contributed by atoms with Gasteiger partial charge in [0.15, 0.2) is 0 Å². The molecule has 1 rings (SSSR count). The number of ether oxygens (including phenoxy) is 1. The molecule has 0 N–H and O–H groups in total. The number of hydrogen-bond donors (Lipinski definition) is 0. The molecule has 2 heteroatoms. The number of allylic oxidation sites excluding steroid dienone is 3. The van der Waals surface area contributed by atoms with Gasteiger partial charge in [0, 0.05) is 10.6 Å². The Labute approximate surface area is 66.3 Å². The second-order valence-corrected chi connectivity index (χ2v) is 2.80. The third-order valence-electron chi connectivity index (χ3n) is 1.69. The Morgan fingerprint density at radius 2 is 2.30 bits per heavy atom. The van der Waals surface area contributed by atoms with Crippen LogP contribution < -0.4 is 0 Å². The van der Waals surface area contributed by atoms with E-state index >= 15 is 0 Å². The highest BCUT2D eigenvalue weighted by Gasteiger charge is 2.09. The van der Waals surface area contributed by atoms with Crippen LogP contribution in [-0.2, 0) is 4.74 Å². The molecule has 0 amide bonds. The summed E-state index contributed by atoms with van der Waals surface area (Å²) >= 11 is 5.90. The monoisotopic (exact) mass is 158 g/mol. The topological polar surface area (TPSA) is 9.23 Å².